The molecule has 0 aromatic rings. The molecule has 3 atom stereocenters. The molecular weight excluding hydrogens is 192 g/mol. The Hall–Kier alpha value is 0.137. The highest BCUT2D eigenvalue weighted by atomic mass is 28.4. The Morgan fingerprint density at radius 1 is 1.29 bits per heavy atom. The van der Waals surface area contributed by atoms with Crippen LogP contribution in [0.2, 0.25) is 18.1 Å². The fourth-order valence-corrected chi connectivity index (χ4v) is 2.95. The van der Waals surface area contributed by atoms with Crippen LogP contribution < -0.4 is 0 Å². The highest BCUT2D eigenvalue weighted by Gasteiger charge is 2.50. The Kier molecular flexibility index (Phi) is 1.82. The van der Waals surface area contributed by atoms with E-state index in [1.165, 1.54) is 0 Å². The van der Waals surface area contributed by atoms with E-state index >= 15 is 0 Å². The first-order valence-electron chi connectivity index (χ1n) is 6.37. The Morgan fingerprint density at radius 2 is 1.79 bits per heavy atom. The van der Waals surface area contributed by atoms with Crippen molar-refractivity contribution in [2.24, 2.45) is 0 Å². The van der Waals surface area contributed by atoms with Crippen LogP contribution in [0.25, 0.3) is 0 Å². The van der Waals surface area contributed by atoms with Gasteiger partial charge in [-0.05, 0) is 18.1 Å². The maximum absolute atomic E-state index is 7.88. The molecular formula is C11H22O2Si. The van der Waals surface area contributed by atoms with Gasteiger partial charge in [-0.1, -0.05) is 20.8 Å². The lowest BCUT2D eigenvalue weighted by molar-refractivity contribution is 0.136. The number of ether oxygens (including phenoxy) is 1. The van der Waals surface area contributed by atoms with Gasteiger partial charge in [0.1, 0.15) is 0 Å². The van der Waals surface area contributed by atoms with Gasteiger partial charge in [-0.3, -0.25) is 0 Å². The smallest absolute Gasteiger partial charge is 0.192 e. The second-order valence-corrected chi connectivity index (χ2v) is 10.6. The molecule has 2 fully saturated rings. The van der Waals surface area contributed by atoms with Crippen LogP contribution in [-0.4, -0.2) is 26.6 Å². The summed E-state index contributed by atoms with van der Waals surface area (Å²) >= 11 is 0. The Morgan fingerprint density at radius 3 is 2.21 bits per heavy atom. The van der Waals surface area contributed by atoms with Gasteiger partial charge in [-0.2, -0.15) is 0 Å². The van der Waals surface area contributed by atoms with Gasteiger partial charge >= 0.3 is 0 Å². The molecule has 2 aliphatic rings. The highest BCUT2D eigenvalue weighted by molar-refractivity contribution is 6.74. The molecule has 1 saturated carbocycles. The predicted molar refractivity (Wildman–Crippen MR) is 60.0 cm³/mol. The summed E-state index contributed by atoms with van der Waals surface area (Å²) in [7, 11) is -1.77. The minimum atomic E-state index is -1.77. The maximum Gasteiger partial charge on any atom is 0.192 e. The third-order valence-electron chi connectivity index (χ3n) is 3.61. The lowest BCUT2D eigenvalue weighted by atomic mass is 10.2. The molecule has 0 spiro atoms. The average Bonchev–Trinajstić information content (AvgIpc) is 2.37. The van der Waals surface area contributed by atoms with Crippen molar-refractivity contribution in [3.05, 3.63) is 0 Å². The lowest BCUT2D eigenvalue weighted by Gasteiger charge is -2.38. The molecule has 0 amide bonds. The molecule has 1 heterocycles. The van der Waals surface area contributed by atoms with Gasteiger partial charge in [-0.25, -0.2) is 0 Å². The lowest BCUT2D eigenvalue weighted by Crippen LogP contribution is -2.43. The van der Waals surface area contributed by atoms with E-state index in [0.29, 0.717) is 12.8 Å². The van der Waals surface area contributed by atoms with Crippen LogP contribution in [0.5, 0.6) is 0 Å². The fraction of sp³-hybridized carbons (Fsp3) is 1.00. The maximum atomic E-state index is 7.88. The van der Waals surface area contributed by atoms with E-state index in [9.17, 15) is 0 Å². The zero-order valence-corrected chi connectivity index (χ0v) is 10.8. The van der Waals surface area contributed by atoms with E-state index in [1.807, 2.05) is 0 Å². The fourth-order valence-electron chi connectivity index (χ4n) is 1.60. The summed E-state index contributed by atoms with van der Waals surface area (Å²) in [6, 6.07) is 0. The van der Waals surface area contributed by atoms with Crippen LogP contribution in [0.1, 0.15) is 36.4 Å². The van der Waals surface area contributed by atoms with E-state index in [1.54, 1.807) is 0 Å². The largest absolute Gasteiger partial charge is 0.414 e. The summed E-state index contributed by atoms with van der Waals surface area (Å²) in [5.41, 5.74) is 0. The average molecular weight is 216 g/mol. The van der Waals surface area contributed by atoms with Gasteiger partial charge in [-0.15, -0.1) is 0 Å². The number of hydrogen-bond donors (Lipinski definition) is 0. The summed E-state index contributed by atoms with van der Waals surface area (Å²) in [5, 5.41) is 0.186. The standard InChI is InChI=1S/C11H22O2Si/c1-11(2,3)14(4,5)13-8-6-9-10(7-8)12-9/h8-10H,6-7H2,1-5H3/t8?,9-,10+/i9D,10D. The van der Waals surface area contributed by atoms with Crippen molar-refractivity contribution >= 4 is 8.32 Å². The summed E-state index contributed by atoms with van der Waals surface area (Å²) in [6.07, 6.45) is -0.781. The first-order valence-corrected chi connectivity index (χ1v) is 8.28. The van der Waals surface area contributed by atoms with Gasteiger partial charge in [0.05, 0.1) is 21.0 Å². The second-order valence-electron chi connectivity index (χ2n) is 5.86. The second kappa shape index (κ2) is 3.06. The number of epoxide rings is 1. The van der Waals surface area contributed by atoms with Crippen LogP contribution in [0, 0.1) is 0 Å². The highest BCUT2D eigenvalue weighted by Crippen LogP contribution is 2.44. The molecule has 2 nitrogen and oxygen atoms in total. The third-order valence-corrected chi connectivity index (χ3v) is 8.14. The molecule has 0 bridgehead atoms. The molecule has 1 aliphatic carbocycles. The van der Waals surface area contributed by atoms with E-state index < -0.39 is 20.5 Å². The van der Waals surface area contributed by atoms with E-state index in [2.05, 4.69) is 33.9 Å². The quantitative estimate of drug-likeness (QED) is 0.523. The van der Waals surface area contributed by atoms with E-state index in [0.717, 1.165) is 0 Å². The molecule has 14 heavy (non-hydrogen) atoms. The van der Waals surface area contributed by atoms with Crippen LogP contribution in [0.4, 0.5) is 0 Å². The zero-order chi connectivity index (χ0) is 12.4. The third kappa shape index (κ3) is 1.90. The molecule has 0 aromatic heterocycles. The molecule has 1 unspecified atom stereocenters. The molecule has 1 saturated heterocycles. The minimum absolute atomic E-state index is 0.0460. The first-order chi connectivity index (χ1) is 6.99. The Labute approximate surface area is 90.9 Å². The van der Waals surface area contributed by atoms with Gasteiger partial charge in [0.15, 0.2) is 8.32 Å². The summed E-state index contributed by atoms with van der Waals surface area (Å²) < 4.78 is 27.1. The van der Waals surface area contributed by atoms with Crippen molar-refractivity contribution in [2.45, 2.75) is 70.0 Å². The van der Waals surface area contributed by atoms with Crippen molar-refractivity contribution in [3.8, 4) is 0 Å². The molecule has 1 aliphatic heterocycles. The van der Waals surface area contributed by atoms with Gasteiger partial charge in [0, 0.05) is 12.8 Å². The monoisotopic (exact) mass is 216 g/mol. The van der Waals surface area contributed by atoms with E-state index in [-0.39, 0.29) is 11.1 Å². The van der Waals surface area contributed by atoms with Gasteiger partial charge < -0.3 is 9.16 Å². The summed E-state index contributed by atoms with van der Waals surface area (Å²) in [6.45, 7) is 11.0. The molecule has 0 radical (unpaired) electrons. The molecule has 0 aromatic carbocycles. The molecule has 82 valence electrons. The van der Waals surface area contributed by atoms with Crippen LogP contribution in [-0.2, 0) is 9.16 Å². The van der Waals surface area contributed by atoms with Crippen molar-refractivity contribution < 1.29 is 11.9 Å². The topological polar surface area (TPSA) is 21.8 Å². The van der Waals surface area contributed by atoms with Crippen molar-refractivity contribution in [1.29, 1.82) is 0 Å². The summed E-state index contributed by atoms with van der Waals surface area (Å²) in [4.78, 5) is 0. The van der Waals surface area contributed by atoms with Crippen molar-refractivity contribution in [2.75, 3.05) is 0 Å². The number of rotatable bonds is 2. The van der Waals surface area contributed by atoms with Gasteiger partial charge in [0.2, 0.25) is 0 Å². The Bertz CT molecular complexity index is 300. The Balaban J connectivity index is 1.99. The summed E-state index contributed by atoms with van der Waals surface area (Å²) in [5.74, 6) is 0. The van der Waals surface area contributed by atoms with E-state index in [4.69, 9.17) is 11.9 Å². The molecule has 2 rings (SSSR count). The zero-order valence-electron chi connectivity index (χ0n) is 11.8. The van der Waals surface area contributed by atoms with Gasteiger partial charge in [0.25, 0.3) is 0 Å². The van der Waals surface area contributed by atoms with Crippen LogP contribution in [0.15, 0.2) is 0 Å². The number of hydrogen-bond acceptors (Lipinski definition) is 2. The first kappa shape index (κ1) is 8.31. The molecule has 3 heteroatoms. The predicted octanol–water partition coefficient (Wildman–Crippen LogP) is 2.94. The van der Waals surface area contributed by atoms with Crippen molar-refractivity contribution in [3.63, 3.8) is 0 Å². The van der Waals surface area contributed by atoms with Crippen molar-refractivity contribution in [1.82, 2.24) is 0 Å². The SMILES string of the molecule is [2H][C@@]12CC(O[Si](C)(C)C(C)(C)C)C[C@]1([2H])O2. The normalized spacial score (nSPS) is 49.6. The number of fused-ring (bicyclic) bond motifs is 1. The molecule has 0 N–H and O–H groups in total. The van der Waals surface area contributed by atoms with Crippen LogP contribution in [0.3, 0.4) is 0 Å². The minimum Gasteiger partial charge on any atom is -0.414 e. The van der Waals surface area contributed by atoms with Crippen LogP contribution >= 0.6 is 0 Å².